The maximum atomic E-state index is 12.3. The Labute approximate surface area is 184 Å². The topological polar surface area (TPSA) is 130 Å². The molecule has 4 N–H and O–H groups in total. The number of halogens is 1. The van der Waals surface area contributed by atoms with E-state index in [1.807, 2.05) is 6.07 Å². The lowest BCUT2D eigenvalue weighted by atomic mass is 10.1. The number of nitrogens with one attached hydrogen (secondary N) is 2. The average molecular weight is 471 g/mol. The lowest BCUT2D eigenvalue weighted by molar-refractivity contribution is -0.131. The van der Waals surface area contributed by atoms with Crippen LogP contribution in [0, 0.1) is 0 Å². The number of carbonyl (C=O) groups is 1. The molecule has 1 aromatic carbocycles. The Hall–Kier alpha value is -2.05. The van der Waals surface area contributed by atoms with E-state index in [1.54, 1.807) is 23.1 Å². The molecular weight excluding hydrogens is 448 g/mol. The number of amides is 1. The van der Waals surface area contributed by atoms with Crippen LogP contribution >= 0.6 is 23.1 Å². The van der Waals surface area contributed by atoms with Crippen molar-refractivity contribution < 1.29 is 13.2 Å². The fourth-order valence-corrected chi connectivity index (χ4v) is 4.93. The fourth-order valence-electron chi connectivity index (χ4n) is 2.95. The highest BCUT2D eigenvalue weighted by Crippen LogP contribution is 2.21. The average Bonchev–Trinajstić information content (AvgIpc) is 3.14. The number of hydrogen-bond donors (Lipinski definition) is 3. The molecule has 0 unspecified atom stereocenters. The van der Waals surface area contributed by atoms with Crippen LogP contribution in [0.25, 0.3) is 6.08 Å². The molecule has 1 aliphatic rings. The molecule has 0 saturated carbocycles. The molecule has 12 heteroatoms. The molecule has 30 heavy (non-hydrogen) atoms. The summed E-state index contributed by atoms with van der Waals surface area (Å²) in [6.45, 7) is 3.07. The summed E-state index contributed by atoms with van der Waals surface area (Å²) in [7, 11) is -3.67. The molecular formula is C18H23ClN6O3S2. The molecule has 0 atom stereocenters. The van der Waals surface area contributed by atoms with E-state index in [9.17, 15) is 13.2 Å². The lowest BCUT2D eigenvalue weighted by Crippen LogP contribution is -2.47. The van der Waals surface area contributed by atoms with Crippen molar-refractivity contribution in [2.45, 2.75) is 13.0 Å². The Balaban J connectivity index is 1.57. The van der Waals surface area contributed by atoms with Crippen molar-refractivity contribution >= 4 is 50.3 Å². The Morgan fingerprint density at radius 3 is 2.87 bits per heavy atom. The number of rotatable bonds is 8. The quantitative estimate of drug-likeness (QED) is 0.526. The van der Waals surface area contributed by atoms with Gasteiger partial charge < -0.3 is 16.0 Å². The third kappa shape index (κ3) is 6.22. The maximum absolute atomic E-state index is 12.3. The summed E-state index contributed by atoms with van der Waals surface area (Å²) in [5, 5.41) is 3.86. The van der Waals surface area contributed by atoms with Crippen molar-refractivity contribution in [2.24, 2.45) is 5.73 Å². The van der Waals surface area contributed by atoms with E-state index >= 15 is 0 Å². The second kappa shape index (κ2) is 10.3. The van der Waals surface area contributed by atoms with Gasteiger partial charge in [-0.05, 0) is 17.2 Å². The first-order chi connectivity index (χ1) is 14.4. The van der Waals surface area contributed by atoms with Gasteiger partial charge in [0.2, 0.25) is 21.1 Å². The number of benzene rings is 1. The minimum absolute atomic E-state index is 0.0504. The second-order valence-corrected chi connectivity index (χ2v) is 9.55. The predicted octanol–water partition coefficient (Wildman–Crippen LogP) is 1.08. The molecule has 2 aromatic rings. The minimum Gasteiger partial charge on any atom is -0.340 e. The van der Waals surface area contributed by atoms with E-state index in [2.05, 4.69) is 19.4 Å². The third-order valence-corrected chi connectivity index (χ3v) is 6.75. The van der Waals surface area contributed by atoms with Crippen LogP contribution in [0.15, 0.2) is 24.3 Å². The molecule has 0 spiro atoms. The second-order valence-electron chi connectivity index (χ2n) is 6.62. The highest BCUT2D eigenvalue weighted by atomic mass is 35.5. The van der Waals surface area contributed by atoms with Crippen LogP contribution in [0.4, 0.5) is 5.13 Å². The van der Waals surface area contributed by atoms with Gasteiger partial charge in [0.1, 0.15) is 0 Å². The number of carbonyl (C=O) groups excluding carboxylic acids is 1. The van der Waals surface area contributed by atoms with Gasteiger partial charge in [0.15, 0.2) is 5.82 Å². The lowest BCUT2D eigenvalue weighted by Gasteiger charge is -2.27. The Morgan fingerprint density at radius 2 is 2.13 bits per heavy atom. The van der Waals surface area contributed by atoms with Crippen LogP contribution < -0.4 is 15.8 Å². The van der Waals surface area contributed by atoms with Crippen molar-refractivity contribution in [3.63, 3.8) is 0 Å². The molecule has 0 radical (unpaired) electrons. The van der Waals surface area contributed by atoms with Crippen molar-refractivity contribution in [1.29, 1.82) is 0 Å². The van der Waals surface area contributed by atoms with E-state index in [-0.39, 0.29) is 29.8 Å². The number of nitrogens with zero attached hydrogens (tertiary/aromatic N) is 3. The highest BCUT2D eigenvalue weighted by molar-refractivity contribution is 7.93. The predicted molar refractivity (Wildman–Crippen MR) is 119 cm³/mol. The van der Waals surface area contributed by atoms with Crippen LogP contribution in [0.1, 0.15) is 17.0 Å². The third-order valence-electron chi connectivity index (χ3n) is 4.46. The zero-order valence-corrected chi connectivity index (χ0v) is 18.6. The number of aromatic nitrogens is 2. The van der Waals surface area contributed by atoms with E-state index in [0.29, 0.717) is 23.9 Å². The van der Waals surface area contributed by atoms with Gasteiger partial charge in [0.25, 0.3) is 0 Å². The summed E-state index contributed by atoms with van der Waals surface area (Å²) < 4.78 is 31.2. The first kappa shape index (κ1) is 22.6. The van der Waals surface area contributed by atoms with E-state index in [1.165, 1.54) is 6.08 Å². The van der Waals surface area contributed by atoms with Gasteiger partial charge in [-0.2, -0.15) is 4.37 Å². The zero-order chi connectivity index (χ0) is 21.6. The van der Waals surface area contributed by atoms with Gasteiger partial charge in [-0.3, -0.25) is 9.52 Å². The van der Waals surface area contributed by atoms with Crippen LogP contribution in [-0.4, -0.2) is 60.5 Å². The molecule has 0 bridgehead atoms. The van der Waals surface area contributed by atoms with Gasteiger partial charge in [0, 0.05) is 49.3 Å². The molecule has 9 nitrogen and oxygen atoms in total. The number of anilines is 1. The van der Waals surface area contributed by atoms with E-state index in [4.69, 9.17) is 17.3 Å². The number of nitrogens with two attached hydrogens (primary N) is 1. The Kier molecular flexibility index (Phi) is 7.78. The van der Waals surface area contributed by atoms with Gasteiger partial charge in [-0.25, -0.2) is 13.4 Å². The van der Waals surface area contributed by atoms with Gasteiger partial charge >= 0.3 is 0 Å². The number of sulfonamides is 1. The molecule has 1 amide bonds. The first-order valence-corrected chi connectivity index (χ1v) is 12.1. The van der Waals surface area contributed by atoms with Crippen LogP contribution in [-0.2, 0) is 27.8 Å². The van der Waals surface area contributed by atoms with Crippen molar-refractivity contribution in [3.8, 4) is 0 Å². The van der Waals surface area contributed by atoms with Gasteiger partial charge in [-0.1, -0.05) is 35.9 Å². The summed E-state index contributed by atoms with van der Waals surface area (Å²) >= 11 is 7.02. The SMILES string of the molecule is NCc1c(Cl)cccc1C=CCS(=O)(=O)Nc1nc(CC(=O)N2CCNCC2)ns1. The largest absolute Gasteiger partial charge is 0.340 e. The molecule has 1 fully saturated rings. The fraction of sp³-hybridized carbons (Fsp3) is 0.389. The monoisotopic (exact) mass is 470 g/mol. The Bertz CT molecular complexity index is 1020. The van der Waals surface area contributed by atoms with Gasteiger partial charge in [-0.15, -0.1) is 0 Å². The van der Waals surface area contributed by atoms with Crippen molar-refractivity contribution in [3.05, 3.63) is 46.2 Å². The normalized spacial score (nSPS) is 14.9. The van der Waals surface area contributed by atoms with E-state index < -0.39 is 10.0 Å². The summed E-state index contributed by atoms with van der Waals surface area (Å²) in [5.41, 5.74) is 7.22. The molecule has 1 aromatic heterocycles. The van der Waals surface area contributed by atoms with Crippen molar-refractivity contribution in [1.82, 2.24) is 19.6 Å². The molecule has 3 rings (SSSR count). The highest BCUT2D eigenvalue weighted by Gasteiger charge is 2.19. The summed E-state index contributed by atoms with van der Waals surface area (Å²) in [6, 6.07) is 5.33. The summed E-state index contributed by atoms with van der Waals surface area (Å²) in [4.78, 5) is 18.2. The molecule has 2 heterocycles. The number of hydrogen-bond acceptors (Lipinski definition) is 8. The first-order valence-electron chi connectivity index (χ1n) is 9.33. The summed E-state index contributed by atoms with van der Waals surface area (Å²) in [6.07, 6.45) is 3.24. The van der Waals surface area contributed by atoms with Crippen LogP contribution in [0.5, 0.6) is 0 Å². The standard InChI is InChI=1S/C18H23ClN6O3S2/c19-15-5-1-3-13(14(15)12-20)4-2-10-30(27,28)24-18-22-16(23-29-18)11-17(26)25-8-6-21-7-9-25/h1-5,21H,6-12,20H2,(H,22,23,24). The smallest absolute Gasteiger partial charge is 0.238 e. The molecule has 1 saturated heterocycles. The van der Waals surface area contributed by atoms with Crippen LogP contribution in [0.3, 0.4) is 0 Å². The van der Waals surface area contributed by atoms with Crippen LogP contribution in [0.2, 0.25) is 5.02 Å². The number of piperazine rings is 1. The van der Waals surface area contributed by atoms with Gasteiger partial charge in [0.05, 0.1) is 12.2 Å². The minimum atomic E-state index is -3.67. The maximum Gasteiger partial charge on any atom is 0.238 e. The van der Waals surface area contributed by atoms with Crippen molar-refractivity contribution in [2.75, 3.05) is 36.7 Å². The molecule has 1 aliphatic heterocycles. The van der Waals surface area contributed by atoms with E-state index in [0.717, 1.165) is 35.7 Å². The Morgan fingerprint density at radius 1 is 1.37 bits per heavy atom. The molecule has 0 aliphatic carbocycles. The zero-order valence-electron chi connectivity index (χ0n) is 16.2. The molecule has 162 valence electrons. The summed E-state index contributed by atoms with van der Waals surface area (Å²) in [5.74, 6) is -0.00910.